The van der Waals surface area contributed by atoms with Crippen molar-refractivity contribution in [1.82, 2.24) is 5.32 Å². The maximum absolute atomic E-state index is 5.67. The number of aryl methyl sites for hydroxylation is 1. The first-order valence-electron chi connectivity index (χ1n) is 7.05. The molecular formula is C16H25NO. The molecule has 1 heterocycles. The van der Waals surface area contributed by atoms with E-state index in [2.05, 4.69) is 50.4 Å². The van der Waals surface area contributed by atoms with Crippen LogP contribution < -0.4 is 5.32 Å². The molecule has 100 valence electrons. The van der Waals surface area contributed by atoms with Crippen molar-refractivity contribution in [2.24, 2.45) is 5.92 Å². The van der Waals surface area contributed by atoms with Crippen molar-refractivity contribution in [3.8, 4) is 0 Å². The predicted molar refractivity (Wildman–Crippen MR) is 75.9 cm³/mol. The van der Waals surface area contributed by atoms with Crippen LogP contribution in [0.3, 0.4) is 0 Å². The summed E-state index contributed by atoms with van der Waals surface area (Å²) in [6.45, 7) is 8.43. The van der Waals surface area contributed by atoms with E-state index >= 15 is 0 Å². The molecule has 0 saturated carbocycles. The second-order valence-electron chi connectivity index (χ2n) is 5.68. The molecule has 0 bridgehead atoms. The van der Waals surface area contributed by atoms with E-state index in [9.17, 15) is 0 Å². The Bertz CT molecular complexity index is 375. The van der Waals surface area contributed by atoms with Crippen molar-refractivity contribution in [3.05, 3.63) is 35.4 Å². The summed E-state index contributed by atoms with van der Waals surface area (Å²) in [5.41, 5.74) is 2.86. The van der Waals surface area contributed by atoms with Crippen LogP contribution in [0.15, 0.2) is 24.3 Å². The van der Waals surface area contributed by atoms with Crippen LogP contribution in [-0.2, 0) is 11.2 Å². The van der Waals surface area contributed by atoms with Gasteiger partial charge in [0.1, 0.15) is 0 Å². The van der Waals surface area contributed by atoms with Crippen LogP contribution in [-0.4, -0.2) is 25.3 Å². The smallest absolute Gasteiger partial charge is 0.0512 e. The predicted octanol–water partition coefficient (Wildman–Crippen LogP) is 2.94. The number of nitrogens with one attached hydrogen (secondary N) is 1. The summed E-state index contributed by atoms with van der Waals surface area (Å²) in [5, 5.41) is 3.69. The molecule has 2 atom stereocenters. The quantitative estimate of drug-likeness (QED) is 0.883. The van der Waals surface area contributed by atoms with Crippen LogP contribution in [0, 0.1) is 12.8 Å². The number of rotatable bonds is 4. The summed E-state index contributed by atoms with van der Waals surface area (Å²) in [5.74, 6) is 0.599. The fourth-order valence-electron chi connectivity index (χ4n) is 2.77. The van der Waals surface area contributed by atoms with Crippen molar-refractivity contribution in [1.29, 1.82) is 0 Å². The molecule has 0 unspecified atom stereocenters. The van der Waals surface area contributed by atoms with Crippen LogP contribution in [0.5, 0.6) is 0 Å². The zero-order valence-electron chi connectivity index (χ0n) is 11.8. The van der Waals surface area contributed by atoms with E-state index in [-0.39, 0.29) is 0 Å². The van der Waals surface area contributed by atoms with Crippen molar-refractivity contribution in [3.63, 3.8) is 0 Å². The Morgan fingerprint density at radius 1 is 1.33 bits per heavy atom. The van der Waals surface area contributed by atoms with Gasteiger partial charge in [-0.15, -0.1) is 0 Å². The van der Waals surface area contributed by atoms with Crippen LogP contribution in [0.2, 0.25) is 0 Å². The SMILES string of the molecule is Cc1ccccc1C[C@H]1COCC[C@@H]1NC(C)C. The molecule has 1 aliphatic heterocycles. The third-order valence-electron chi connectivity index (χ3n) is 3.76. The molecule has 1 aromatic carbocycles. The summed E-state index contributed by atoms with van der Waals surface area (Å²) >= 11 is 0. The minimum Gasteiger partial charge on any atom is -0.381 e. The largest absolute Gasteiger partial charge is 0.381 e. The van der Waals surface area contributed by atoms with Gasteiger partial charge in [-0.3, -0.25) is 0 Å². The maximum Gasteiger partial charge on any atom is 0.0512 e. The van der Waals surface area contributed by atoms with E-state index in [0.717, 1.165) is 26.1 Å². The molecule has 0 radical (unpaired) electrons. The third kappa shape index (κ3) is 3.56. The second-order valence-corrected chi connectivity index (χ2v) is 5.68. The Kier molecular flexibility index (Phi) is 4.79. The van der Waals surface area contributed by atoms with E-state index in [1.165, 1.54) is 11.1 Å². The summed E-state index contributed by atoms with van der Waals surface area (Å²) in [4.78, 5) is 0. The highest BCUT2D eigenvalue weighted by molar-refractivity contribution is 5.26. The second kappa shape index (κ2) is 6.35. The Morgan fingerprint density at radius 3 is 2.83 bits per heavy atom. The third-order valence-corrected chi connectivity index (χ3v) is 3.76. The standard InChI is InChI=1S/C16H25NO/c1-12(2)17-16-8-9-18-11-15(16)10-14-7-5-4-6-13(14)3/h4-7,12,15-17H,8-11H2,1-3H3/t15-,16-/m0/s1. The lowest BCUT2D eigenvalue weighted by atomic mass is 9.87. The molecule has 1 aliphatic rings. The molecule has 1 saturated heterocycles. The molecule has 2 nitrogen and oxygen atoms in total. The average Bonchev–Trinajstić information content (AvgIpc) is 2.34. The molecular weight excluding hydrogens is 222 g/mol. The van der Waals surface area contributed by atoms with Gasteiger partial charge in [0.15, 0.2) is 0 Å². The molecule has 1 aromatic rings. The van der Waals surface area contributed by atoms with E-state index in [1.807, 2.05) is 0 Å². The fourth-order valence-corrected chi connectivity index (χ4v) is 2.77. The highest BCUT2D eigenvalue weighted by Crippen LogP contribution is 2.21. The van der Waals surface area contributed by atoms with E-state index in [4.69, 9.17) is 4.74 Å². The van der Waals surface area contributed by atoms with Gasteiger partial charge in [-0.2, -0.15) is 0 Å². The zero-order chi connectivity index (χ0) is 13.0. The minimum atomic E-state index is 0.549. The summed E-state index contributed by atoms with van der Waals surface area (Å²) in [6, 6.07) is 9.84. The first kappa shape index (κ1) is 13.6. The minimum absolute atomic E-state index is 0.549. The molecule has 0 amide bonds. The lowest BCUT2D eigenvalue weighted by molar-refractivity contribution is 0.0300. The molecule has 0 aromatic heterocycles. The Morgan fingerprint density at radius 2 is 2.11 bits per heavy atom. The monoisotopic (exact) mass is 247 g/mol. The number of hydrogen-bond acceptors (Lipinski definition) is 2. The molecule has 2 rings (SSSR count). The van der Waals surface area contributed by atoms with Crippen molar-refractivity contribution < 1.29 is 4.74 Å². The van der Waals surface area contributed by atoms with Gasteiger partial charge >= 0.3 is 0 Å². The van der Waals surface area contributed by atoms with Crippen molar-refractivity contribution in [2.75, 3.05) is 13.2 Å². The van der Waals surface area contributed by atoms with Crippen LogP contribution in [0.1, 0.15) is 31.4 Å². The van der Waals surface area contributed by atoms with Crippen LogP contribution in [0.4, 0.5) is 0 Å². The maximum atomic E-state index is 5.67. The Labute approximate surface area is 111 Å². The van der Waals surface area contributed by atoms with Gasteiger partial charge in [0.05, 0.1) is 6.61 Å². The highest BCUT2D eigenvalue weighted by Gasteiger charge is 2.26. The molecule has 1 N–H and O–H groups in total. The Hall–Kier alpha value is -0.860. The van der Waals surface area contributed by atoms with Gasteiger partial charge < -0.3 is 10.1 Å². The molecule has 0 spiro atoms. The molecule has 1 fully saturated rings. The summed E-state index contributed by atoms with van der Waals surface area (Å²) < 4.78 is 5.67. The van der Waals surface area contributed by atoms with E-state index < -0.39 is 0 Å². The van der Waals surface area contributed by atoms with E-state index in [0.29, 0.717) is 18.0 Å². The van der Waals surface area contributed by atoms with Gasteiger partial charge in [-0.25, -0.2) is 0 Å². The highest BCUT2D eigenvalue weighted by atomic mass is 16.5. The van der Waals surface area contributed by atoms with Gasteiger partial charge in [-0.05, 0) is 30.9 Å². The van der Waals surface area contributed by atoms with Gasteiger partial charge in [0, 0.05) is 24.6 Å². The van der Waals surface area contributed by atoms with Crippen molar-refractivity contribution in [2.45, 2.75) is 45.7 Å². The first-order chi connectivity index (χ1) is 8.66. The van der Waals surface area contributed by atoms with E-state index in [1.54, 1.807) is 0 Å². The van der Waals surface area contributed by atoms with Gasteiger partial charge in [0.25, 0.3) is 0 Å². The zero-order valence-corrected chi connectivity index (χ0v) is 11.8. The molecule has 2 heteroatoms. The average molecular weight is 247 g/mol. The van der Waals surface area contributed by atoms with Crippen LogP contribution in [0.25, 0.3) is 0 Å². The van der Waals surface area contributed by atoms with Gasteiger partial charge in [-0.1, -0.05) is 38.1 Å². The number of hydrogen-bond donors (Lipinski definition) is 1. The topological polar surface area (TPSA) is 21.3 Å². The first-order valence-corrected chi connectivity index (χ1v) is 7.05. The fraction of sp³-hybridized carbons (Fsp3) is 0.625. The lowest BCUT2D eigenvalue weighted by Crippen LogP contribution is -2.46. The van der Waals surface area contributed by atoms with Crippen molar-refractivity contribution >= 4 is 0 Å². The Balaban J connectivity index is 2.03. The molecule has 18 heavy (non-hydrogen) atoms. The molecule has 0 aliphatic carbocycles. The summed E-state index contributed by atoms with van der Waals surface area (Å²) in [6.07, 6.45) is 2.26. The number of benzene rings is 1. The summed E-state index contributed by atoms with van der Waals surface area (Å²) in [7, 11) is 0. The normalized spacial score (nSPS) is 24.4. The lowest BCUT2D eigenvalue weighted by Gasteiger charge is -2.34. The van der Waals surface area contributed by atoms with Gasteiger partial charge in [0.2, 0.25) is 0 Å². The number of ether oxygens (including phenoxy) is 1. The van der Waals surface area contributed by atoms with Crippen LogP contribution >= 0.6 is 0 Å².